The lowest BCUT2D eigenvalue weighted by Crippen LogP contribution is -2.57. The van der Waals surface area contributed by atoms with Crippen LogP contribution in [0.4, 0.5) is 15.3 Å². The zero-order valence-electron chi connectivity index (χ0n) is 20.8. The van der Waals surface area contributed by atoms with Crippen LogP contribution >= 0.6 is 0 Å². The third-order valence-corrected chi connectivity index (χ3v) is 4.83. The van der Waals surface area contributed by atoms with E-state index in [9.17, 15) is 9.59 Å². The van der Waals surface area contributed by atoms with Gasteiger partial charge in [0.15, 0.2) is 0 Å². The zero-order chi connectivity index (χ0) is 24.1. The smallest absolute Gasteiger partial charge is 0.407 e. The van der Waals surface area contributed by atoms with Crippen molar-refractivity contribution in [1.29, 1.82) is 0 Å². The number of piperidine rings is 1. The summed E-state index contributed by atoms with van der Waals surface area (Å²) >= 11 is 0. The number of carbonyl (C=O) groups is 2. The summed E-state index contributed by atoms with van der Waals surface area (Å²) in [6.07, 6.45) is -0.291. The van der Waals surface area contributed by atoms with Gasteiger partial charge in [-0.05, 0) is 65.7 Å². The molecule has 1 fully saturated rings. The molecule has 1 aromatic rings. The highest BCUT2D eigenvalue weighted by Gasteiger charge is 2.31. The molecule has 2 rings (SSSR count). The first-order valence-electron chi connectivity index (χ1n) is 11.2. The molecule has 1 aromatic carbocycles. The van der Waals surface area contributed by atoms with E-state index in [4.69, 9.17) is 9.47 Å². The van der Waals surface area contributed by atoms with E-state index in [1.165, 1.54) is 5.56 Å². The summed E-state index contributed by atoms with van der Waals surface area (Å²) in [6.45, 7) is 13.1. The topological polar surface area (TPSA) is 83.1 Å². The first-order valence-corrected chi connectivity index (χ1v) is 11.2. The summed E-state index contributed by atoms with van der Waals surface area (Å²) in [4.78, 5) is 29.0. The number of hydrogen-bond donors (Lipinski definition) is 2. The van der Waals surface area contributed by atoms with Crippen LogP contribution in [0.2, 0.25) is 0 Å². The lowest BCUT2D eigenvalue weighted by Gasteiger charge is -2.38. The summed E-state index contributed by atoms with van der Waals surface area (Å²) in [5.74, 6) is 0. The fraction of sp³-hybridized carbons (Fsp3) is 0.667. The van der Waals surface area contributed by atoms with Gasteiger partial charge in [-0.1, -0.05) is 12.1 Å². The largest absolute Gasteiger partial charge is 0.444 e. The van der Waals surface area contributed by atoms with Crippen LogP contribution in [0.1, 0.15) is 53.5 Å². The lowest BCUT2D eigenvalue weighted by molar-refractivity contribution is 0.0409. The van der Waals surface area contributed by atoms with Crippen LogP contribution in [-0.2, 0) is 16.0 Å². The fourth-order valence-electron chi connectivity index (χ4n) is 3.63. The van der Waals surface area contributed by atoms with Gasteiger partial charge >= 0.3 is 12.2 Å². The van der Waals surface area contributed by atoms with Crippen molar-refractivity contribution >= 4 is 17.9 Å². The highest BCUT2D eigenvalue weighted by Crippen LogP contribution is 2.19. The molecule has 0 bridgehead atoms. The number of amides is 2. The predicted octanol–water partition coefficient (Wildman–Crippen LogP) is 3.74. The molecule has 1 saturated heterocycles. The van der Waals surface area contributed by atoms with E-state index in [1.54, 1.807) is 0 Å². The first kappa shape index (κ1) is 25.8. The van der Waals surface area contributed by atoms with E-state index in [2.05, 4.69) is 44.7 Å². The summed E-state index contributed by atoms with van der Waals surface area (Å²) in [5.41, 5.74) is 1.17. The van der Waals surface area contributed by atoms with Crippen LogP contribution in [0.15, 0.2) is 24.3 Å². The maximum atomic E-state index is 12.3. The van der Waals surface area contributed by atoms with Crippen molar-refractivity contribution in [2.24, 2.45) is 0 Å². The summed E-state index contributed by atoms with van der Waals surface area (Å²) in [6, 6.07) is 8.09. The highest BCUT2D eigenvalue weighted by molar-refractivity contribution is 5.69. The van der Waals surface area contributed by atoms with Crippen LogP contribution in [0.5, 0.6) is 0 Å². The Morgan fingerprint density at radius 2 is 1.34 bits per heavy atom. The molecule has 8 heteroatoms. The molecule has 0 aromatic heterocycles. The zero-order valence-corrected chi connectivity index (χ0v) is 20.8. The van der Waals surface area contributed by atoms with Crippen molar-refractivity contribution < 1.29 is 19.1 Å². The SMILES string of the molecule is CN(C)c1ccc(CN2CC(NC(=O)OC(C)(C)C)CC(NC(=O)OC(C)(C)C)C2)cc1. The van der Waals surface area contributed by atoms with E-state index in [-0.39, 0.29) is 12.1 Å². The third kappa shape index (κ3) is 9.34. The number of benzene rings is 1. The quantitative estimate of drug-likeness (QED) is 0.714. The van der Waals surface area contributed by atoms with Crippen LogP contribution in [0.3, 0.4) is 0 Å². The average Bonchev–Trinajstić information content (AvgIpc) is 2.58. The van der Waals surface area contributed by atoms with Gasteiger partial charge in [-0.3, -0.25) is 4.90 Å². The van der Waals surface area contributed by atoms with Crippen molar-refractivity contribution in [3.05, 3.63) is 29.8 Å². The molecule has 0 spiro atoms. The summed E-state index contributed by atoms with van der Waals surface area (Å²) in [7, 11) is 4.03. The van der Waals surface area contributed by atoms with Crippen LogP contribution < -0.4 is 15.5 Å². The number of carbonyl (C=O) groups excluding carboxylic acids is 2. The van der Waals surface area contributed by atoms with Crippen molar-refractivity contribution in [1.82, 2.24) is 15.5 Å². The van der Waals surface area contributed by atoms with Crippen molar-refractivity contribution in [3.63, 3.8) is 0 Å². The van der Waals surface area contributed by atoms with Gasteiger partial charge in [0, 0.05) is 51.5 Å². The Morgan fingerprint density at radius 1 is 0.906 bits per heavy atom. The van der Waals surface area contributed by atoms with E-state index in [1.807, 2.05) is 55.6 Å². The van der Waals surface area contributed by atoms with Crippen molar-refractivity contribution in [2.45, 2.75) is 77.8 Å². The Kier molecular flexibility index (Phi) is 8.40. The standard InChI is InChI=1S/C24H40N4O4/c1-23(2,3)31-21(29)25-18-13-19(26-22(30)32-24(4,5)6)16-28(15-18)14-17-9-11-20(12-10-17)27(7)8/h9-12,18-19H,13-16H2,1-8H3,(H,25,29)(H,26,30). The Labute approximate surface area is 192 Å². The number of hydrogen-bond acceptors (Lipinski definition) is 6. The van der Waals surface area contributed by atoms with Gasteiger partial charge < -0.3 is 25.0 Å². The van der Waals surface area contributed by atoms with Gasteiger partial charge in [0.2, 0.25) is 0 Å². The number of ether oxygens (including phenoxy) is 2. The first-order chi connectivity index (χ1) is 14.7. The number of rotatable bonds is 5. The average molecular weight is 449 g/mol. The fourth-order valence-corrected chi connectivity index (χ4v) is 3.63. The molecule has 2 N–H and O–H groups in total. The van der Waals surface area contributed by atoms with Gasteiger partial charge in [-0.2, -0.15) is 0 Å². The van der Waals surface area contributed by atoms with Gasteiger partial charge in [-0.15, -0.1) is 0 Å². The van der Waals surface area contributed by atoms with Crippen molar-refractivity contribution in [3.8, 4) is 0 Å². The Morgan fingerprint density at radius 3 is 1.72 bits per heavy atom. The minimum absolute atomic E-state index is 0.153. The van der Waals surface area contributed by atoms with Gasteiger partial charge in [0.05, 0.1) is 0 Å². The number of anilines is 1. The van der Waals surface area contributed by atoms with E-state index in [0.717, 1.165) is 5.69 Å². The van der Waals surface area contributed by atoms with E-state index >= 15 is 0 Å². The molecule has 1 aliphatic heterocycles. The normalized spacial score (nSPS) is 19.8. The molecule has 0 radical (unpaired) electrons. The monoisotopic (exact) mass is 448 g/mol. The van der Waals surface area contributed by atoms with Crippen LogP contribution in [0, 0.1) is 0 Å². The molecule has 180 valence electrons. The van der Waals surface area contributed by atoms with Gasteiger partial charge in [0.25, 0.3) is 0 Å². The molecule has 2 amide bonds. The van der Waals surface area contributed by atoms with Gasteiger partial charge in [-0.25, -0.2) is 9.59 Å². The third-order valence-electron chi connectivity index (χ3n) is 4.83. The van der Waals surface area contributed by atoms with Gasteiger partial charge in [0.1, 0.15) is 11.2 Å². The summed E-state index contributed by atoms with van der Waals surface area (Å²) in [5, 5.41) is 5.93. The Balaban J connectivity index is 2.07. The number of nitrogens with one attached hydrogen (secondary N) is 2. The van der Waals surface area contributed by atoms with Crippen LogP contribution in [0.25, 0.3) is 0 Å². The number of likely N-dealkylation sites (tertiary alicyclic amines) is 1. The molecule has 8 nitrogen and oxygen atoms in total. The second-order valence-corrected chi connectivity index (χ2v) is 10.7. The molecule has 0 aliphatic carbocycles. The molecule has 0 saturated carbocycles. The van der Waals surface area contributed by atoms with E-state index in [0.29, 0.717) is 26.1 Å². The highest BCUT2D eigenvalue weighted by atomic mass is 16.6. The molecule has 1 heterocycles. The minimum Gasteiger partial charge on any atom is -0.444 e. The predicted molar refractivity (Wildman–Crippen MR) is 127 cm³/mol. The second kappa shape index (κ2) is 10.4. The summed E-state index contributed by atoms with van der Waals surface area (Å²) < 4.78 is 10.9. The molecule has 32 heavy (non-hydrogen) atoms. The molecule has 2 atom stereocenters. The maximum Gasteiger partial charge on any atom is 0.407 e. The molecule has 2 unspecified atom stereocenters. The van der Waals surface area contributed by atoms with E-state index < -0.39 is 23.4 Å². The molecular weight excluding hydrogens is 408 g/mol. The van der Waals surface area contributed by atoms with Crippen LogP contribution in [-0.4, -0.2) is 67.6 Å². The number of alkyl carbamates (subject to hydrolysis) is 2. The maximum absolute atomic E-state index is 12.3. The van der Waals surface area contributed by atoms with Crippen molar-refractivity contribution in [2.75, 3.05) is 32.1 Å². The lowest BCUT2D eigenvalue weighted by atomic mass is 10.00. The minimum atomic E-state index is -0.569. The number of nitrogens with zero attached hydrogens (tertiary/aromatic N) is 2. The second-order valence-electron chi connectivity index (χ2n) is 10.7. The Bertz CT molecular complexity index is 728. The molecule has 1 aliphatic rings. The molecular formula is C24H40N4O4. The Hall–Kier alpha value is -2.48.